The number of hydrogen-bond acceptors (Lipinski definition) is 1. The van der Waals surface area contributed by atoms with E-state index < -0.39 is 5.82 Å². The topological polar surface area (TPSA) is 13.1 Å². The summed E-state index contributed by atoms with van der Waals surface area (Å²) < 4.78 is 17.3. The van der Waals surface area contributed by atoms with Gasteiger partial charge in [-0.3, -0.25) is 0 Å². The number of furan rings is 1. The average Bonchev–Trinajstić information content (AvgIpc) is 2.34. The molecule has 0 atom stereocenters. The summed E-state index contributed by atoms with van der Waals surface area (Å²) >= 11 is 0. The van der Waals surface area contributed by atoms with Crippen LogP contribution in [0.15, 0.2) is 28.7 Å². The molecule has 0 fully saturated rings. The molecule has 0 unspecified atom stereocenters. The Morgan fingerprint density at radius 1 is 1.30 bits per heavy atom. The molecule has 0 spiro atoms. The van der Waals surface area contributed by atoms with Gasteiger partial charge < -0.3 is 4.42 Å². The van der Waals surface area contributed by atoms with E-state index in [4.69, 9.17) is 4.42 Å². The first-order valence-electron chi connectivity index (χ1n) is 2.92. The number of halogens is 1. The van der Waals surface area contributed by atoms with E-state index in [-0.39, 0.29) is 0 Å². The zero-order valence-corrected chi connectivity index (χ0v) is 5.10. The fourth-order valence-corrected chi connectivity index (χ4v) is 0.892. The van der Waals surface area contributed by atoms with Crippen LogP contribution >= 0.6 is 0 Å². The van der Waals surface area contributed by atoms with Crippen LogP contribution in [-0.2, 0) is 0 Å². The molecule has 0 bridgehead atoms. The van der Waals surface area contributed by atoms with Gasteiger partial charge in [-0.15, -0.1) is 0 Å². The summed E-state index contributed by atoms with van der Waals surface area (Å²) in [5, 5.41) is 0.488. The summed E-state index contributed by atoms with van der Waals surface area (Å²) in [7, 11) is 0. The molecule has 0 amide bonds. The molecule has 1 aromatic carbocycles. The standard InChI is InChI=1S/C8H4FO/c9-7-5-10-8-4-2-1-3-6(7)8/h1-4H. The minimum absolute atomic E-state index is 0.421. The molecule has 0 aliphatic carbocycles. The molecule has 0 aliphatic rings. The first-order valence-corrected chi connectivity index (χ1v) is 2.92. The third-order valence-corrected chi connectivity index (χ3v) is 1.37. The molecule has 2 rings (SSSR count). The van der Waals surface area contributed by atoms with E-state index in [0.29, 0.717) is 11.0 Å². The number of fused-ring (bicyclic) bond motifs is 1. The van der Waals surface area contributed by atoms with Crippen molar-refractivity contribution in [2.45, 2.75) is 0 Å². The Labute approximate surface area is 57.1 Å². The fourth-order valence-electron chi connectivity index (χ4n) is 0.892. The zero-order valence-electron chi connectivity index (χ0n) is 5.10. The molecular formula is C8H4FO. The van der Waals surface area contributed by atoms with Gasteiger partial charge in [0.2, 0.25) is 6.26 Å². The van der Waals surface area contributed by atoms with Gasteiger partial charge in [-0.05, 0) is 12.1 Å². The third-order valence-electron chi connectivity index (χ3n) is 1.37. The van der Waals surface area contributed by atoms with Gasteiger partial charge in [-0.25, -0.2) is 4.39 Å². The van der Waals surface area contributed by atoms with Gasteiger partial charge in [-0.1, -0.05) is 12.1 Å². The lowest BCUT2D eigenvalue weighted by molar-refractivity contribution is 0.548. The molecule has 1 nitrogen and oxygen atoms in total. The van der Waals surface area contributed by atoms with Crippen molar-refractivity contribution in [3.8, 4) is 0 Å². The van der Waals surface area contributed by atoms with Crippen molar-refractivity contribution in [3.05, 3.63) is 36.3 Å². The monoisotopic (exact) mass is 135 g/mol. The maximum atomic E-state index is 12.6. The maximum absolute atomic E-state index is 12.6. The van der Waals surface area contributed by atoms with Crippen LogP contribution in [0, 0.1) is 12.1 Å². The van der Waals surface area contributed by atoms with Crippen LogP contribution in [-0.4, -0.2) is 0 Å². The van der Waals surface area contributed by atoms with E-state index in [1.54, 1.807) is 24.3 Å². The minimum Gasteiger partial charge on any atom is -0.449 e. The van der Waals surface area contributed by atoms with Crippen LogP contribution < -0.4 is 0 Å². The zero-order chi connectivity index (χ0) is 6.97. The Kier molecular flexibility index (Phi) is 1.01. The van der Waals surface area contributed by atoms with E-state index in [1.807, 2.05) is 0 Å². The number of para-hydroxylation sites is 1. The van der Waals surface area contributed by atoms with Gasteiger partial charge in [0.15, 0.2) is 5.82 Å². The lowest BCUT2D eigenvalue weighted by Gasteiger charge is -1.82. The highest BCUT2D eigenvalue weighted by Gasteiger charge is 2.02. The first-order chi connectivity index (χ1) is 4.88. The molecule has 1 aromatic heterocycles. The van der Waals surface area contributed by atoms with Gasteiger partial charge >= 0.3 is 0 Å². The van der Waals surface area contributed by atoms with Crippen molar-refractivity contribution in [3.63, 3.8) is 0 Å². The molecule has 1 radical (unpaired) electrons. The Morgan fingerprint density at radius 2 is 2.10 bits per heavy atom. The largest absolute Gasteiger partial charge is 0.449 e. The lowest BCUT2D eigenvalue weighted by atomic mass is 10.2. The van der Waals surface area contributed by atoms with Crippen LogP contribution in [0.4, 0.5) is 4.39 Å². The second-order valence-electron chi connectivity index (χ2n) is 2.01. The van der Waals surface area contributed by atoms with Crippen molar-refractivity contribution in [1.29, 1.82) is 0 Å². The maximum Gasteiger partial charge on any atom is 0.209 e. The smallest absolute Gasteiger partial charge is 0.209 e. The molecule has 0 saturated carbocycles. The summed E-state index contributed by atoms with van der Waals surface area (Å²) in [5.74, 6) is -0.421. The van der Waals surface area contributed by atoms with Gasteiger partial charge in [-0.2, -0.15) is 0 Å². The van der Waals surface area contributed by atoms with Gasteiger partial charge in [0.1, 0.15) is 5.58 Å². The van der Waals surface area contributed by atoms with Crippen molar-refractivity contribution in [2.24, 2.45) is 0 Å². The van der Waals surface area contributed by atoms with Gasteiger partial charge in [0, 0.05) is 0 Å². The van der Waals surface area contributed by atoms with Crippen LogP contribution in [0.1, 0.15) is 0 Å². The van der Waals surface area contributed by atoms with Gasteiger partial charge in [0.05, 0.1) is 5.39 Å². The highest BCUT2D eigenvalue weighted by atomic mass is 19.1. The summed E-state index contributed by atoms with van der Waals surface area (Å²) in [6.07, 6.45) is 2.13. The van der Waals surface area contributed by atoms with Crippen molar-refractivity contribution in [2.75, 3.05) is 0 Å². The number of benzene rings is 1. The molecule has 2 heteroatoms. The highest BCUT2D eigenvalue weighted by Crippen LogP contribution is 2.17. The summed E-state index contributed by atoms with van der Waals surface area (Å²) in [6.45, 7) is 0. The van der Waals surface area contributed by atoms with E-state index in [0.717, 1.165) is 0 Å². The molecule has 0 aliphatic heterocycles. The normalized spacial score (nSPS) is 10.5. The molecule has 1 heterocycles. The molecule has 49 valence electrons. The predicted octanol–water partition coefficient (Wildman–Crippen LogP) is 2.37. The summed E-state index contributed by atoms with van der Waals surface area (Å²) in [4.78, 5) is 0. The van der Waals surface area contributed by atoms with Gasteiger partial charge in [0.25, 0.3) is 0 Å². The average molecular weight is 135 g/mol. The SMILES string of the molecule is Fc1[c]oc2ccccc12. The second kappa shape index (κ2) is 1.84. The number of rotatable bonds is 0. The predicted molar refractivity (Wildman–Crippen MR) is 35.0 cm³/mol. The van der Waals surface area contributed by atoms with Crippen LogP contribution in [0.25, 0.3) is 11.0 Å². The molecule has 2 aromatic rings. The Bertz CT molecular complexity index is 351. The van der Waals surface area contributed by atoms with Crippen LogP contribution in [0.3, 0.4) is 0 Å². The quantitative estimate of drug-likeness (QED) is 0.540. The third kappa shape index (κ3) is 0.620. The minimum atomic E-state index is -0.421. The lowest BCUT2D eigenvalue weighted by Crippen LogP contribution is -1.65. The Morgan fingerprint density at radius 3 is 2.90 bits per heavy atom. The van der Waals surface area contributed by atoms with E-state index in [1.165, 1.54) is 0 Å². The van der Waals surface area contributed by atoms with Crippen molar-refractivity contribution < 1.29 is 8.81 Å². The van der Waals surface area contributed by atoms with E-state index in [9.17, 15) is 4.39 Å². The summed E-state index contributed by atoms with van der Waals surface area (Å²) in [5.41, 5.74) is 0.542. The second-order valence-corrected chi connectivity index (χ2v) is 2.01. The van der Waals surface area contributed by atoms with Crippen molar-refractivity contribution in [1.82, 2.24) is 0 Å². The van der Waals surface area contributed by atoms with E-state index in [2.05, 4.69) is 6.26 Å². The van der Waals surface area contributed by atoms with Crippen LogP contribution in [0.2, 0.25) is 0 Å². The fraction of sp³-hybridized carbons (Fsp3) is 0. The number of hydrogen-bond donors (Lipinski definition) is 0. The Balaban J connectivity index is 2.93. The summed E-state index contributed by atoms with van der Waals surface area (Å²) in [6, 6.07) is 6.91. The molecule has 10 heavy (non-hydrogen) atoms. The van der Waals surface area contributed by atoms with Crippen molar-refractivity contribution >= 4 is 11.0 Å². The molecule has 0 N–H and O–H groups in total. The molecular weight excluding hydrogens is 131 g/mol. The highest BCUT2D eigenvalue weighted by molar-refractivity contribution is 5.77. The first kappa shape index (κ1) is 5.47. The Hall–Kier alpha value is -1.31. The van der Waals surface area contributed by atoms with E-state index >= 15 is 0 Å². The van der Waals surface area contributed by atoms with Crippen LogP contribution in [0.5, 0.6) is 0 Å². The molecule has 0 saturated heterocycles.